The van der Waals surface area contributed by atoms with Crippen LogP contribution in [0.4, 0.5) is 11.4 Å². The fourth-order valence-electron chi connectivity index (χ4n) is 1.83. The average molecular weight is 216 g/mol. The molecule has 4 nitrogen and oxygen atoms in total. The Balaban J connectivity index is 2.81. The van der Waals surface area contributed by atoms with Crippen LogP contribution in [-0.2, 0) is 0 Å². The molecule has 0 saturated carbocycles. The summed E-state index contributed by atoms with van der Waals surface area (Å²) in [4.78, 5) is 12.5. The Labute approximate surface area is 93.3 Å². The molecular formula is C12H12N2O2. The van der Waals surface area contributed by atoms with Crippen LogP contribution in [0.2, 0.25) is 0 Å². The molecule has 0 aliphatic carbocycles. The number of nitrogens with zero attached hydrogens (tertiary/aromatic N) is 2. The Kier molecular flexibility index (Phi) is 2.48. The average Bonchev–Trinajstić information content (AvgIpc) is 2.27. The molecular weight excluding hydrogens is 204 g/mol. The van der Waals surface area contributed by atoms with E-state index in [0.29, 0.717) is 5.39 Å². The maximum atomic E-state index is 10.9. The molecule has 0 radical (unpaired) electrons. The van der Waals surface area contributed by atoms with Gasteiger partial charge in [-0.1, -0.05) is 18.2 Å². The third kappa shape index (κ3) is 1.58. The Morgan fingerprint density at radius 3 is 2.31 bits per heavy atom. The van der Waals surface area contributed by atoms with Crippen molar-refractivity contribution in [3.05, 3.63) is 46.5 Å². The monoisotopic (exact) mass is 216 g/mol. The molecule has 0 fully saturated rings. The zero-order chi connectivity index (χ0) is 11.7. The molecule has 0 spiro atoms. The van der Waals surface area contributed by atoms with Crippen LogP contribution < -0.4 is 4.90 Å². The molecule has 16 heavy (non-hydrogen) atoms. The third-order valence-electron chi connectivity index (χ3n) is 2.55. The number of nitro groups is 1. The van der Waals surface area contributed by atoms with Crippen molar-refractivity contribution in [2.45, 2.75) is 0 Å². The first kappa shape index (κ1) is 10.4. The lowest BCUT2D eigenvalue weighted by molar-refractivity contribution is -0.383. The molecule has 0 aliphatic rings. The Morgan fingerprint density at radius 2 is 1.69 bits per heavy atom. The van der Waals surface area contributed by atoms with Gasteiger partial charge in [-0.2, -0.15) is 0 Å². The third-order valence-corrected chi connectivity index (χ3v) is 2.55. The van der Waals surface area contributed by atoms with Gasteiger partial charge in [0.05, 0.1) is 10.3 Å². The van der Waals surface area contributed by atoms with Gasteiger partial charge in [-0.05, 0) is 12.1 Å². The van der Waals surface area contributed by atoms with Crippen LogP contribution in [0.15, 0.2) is 36.4 Å². The van der Waals surface area contributed by atoms with Crippen molar-refractivity contribution in [1.82, 2.24) is 0 Å². The van der Waals surface area contributed by atoms with Gasteiger partial charge in [0.2, 0.25) is 0 Å². The number of rotatable bonds is 2. The summed E-state index contributed by atoms with van der Waals surface area (Å²) in [7, 11) is 3.85. The molecule has 0 bridgehead atoms. The fourth-order valence-corrected chi connectivity index (χ4v) is 1.83. The molecule has 0 saturated heterocycles. The van der Waals surface area contributed by atoms with Gasteiger partial charge in [0.1, 0.15) is 0 Å². The number of fused-ring (bicyclic) bond motifs is 1. The first-order chi connectivity index (χ1) is 7.61. The largest absolute Gasteiger partial charge is 0.377 e. The summed E-state index contributed by atoms with van der Waals surface area (Å²) in [6.45, 7) is 0. The molecule has 0 unspecified atom stereocenters. The van der Waals surface area contributed by atoms with E-state index in [-0.39, 0.29) is 10.6 Å². The molecule has 2 aromatic rings. The summed E-state index contributed by atoms with van der Waals surface area (Å²) in [5.74, 6) is 0. The van der Waals surface area contributed by atoms with Crippen molar-refractivity contribution in [3.63, 3.8) is 0 Å². The smallest absolute Gasteiger partial charge is 0.277 e. The van der Waals surface area contributed by atoms with Crippen LogP contribution in [0.25, 0.3) is 10.8 Å². The van der Waals surface area contributed by atoms with Gasteiger partial charge >= 0.3 is 0 Å². The summed E-state index contributed by atoms with van der Waals surface area (Å²) in [5.41, 5.74) is 1.14. The quantitative estimate of drug-likeness (QED) is 0.572. The van der Waals surface area contributed by atoms with Gasteiger partial charge in [-0.15, -0.1) is 0 Å². The van der Waals surface area contributed by atoms with E-state index < -0.39 is 0 Å². The van der Waals surface area contributed by atoms with E-state index in [1.54, 1.807) is 12.1 Å². The maximum absolute atomic E-state index is 10.9. The number of benzene rings is 2. The SMILES string of the molecule is CN(C)c1cccc2c([N+](=O)[O-])cccc12. The topological polar surface area (TPSA) is 46.4 Å². The lowest BCUT2D eigenvalue weighted by atomic mass is 10.1. The molecule has 0 aliphatic heterocycles. The highest BCUT2D eigenvalue weighted by atomic mass is 16.6. The summed E-state index contributed by atoms with van der Waals surface area (Å²) in [5, 5.41) is 12.5. The summed E-state index contributed by atoms with van der Waals surface area (Å²) in [6, 6.07) is 10.7. The highest BCUT2D eigenvalue weighted by Gasteiger charge is 2.12. The first-order valence-corrected chi connectivity index (χ1v) is 4.94. The lowest BCUT2D eigenvalue weighted by Crippen LogP contribution is -2.09. The lowest BCUT2D eigenvalue weighted by Gasteiger charge is -2.15. The number of anilines is 1. The molecule has 0 aromatic heterocycles. The Morgan fingerprint density at radius 1 is 1.06 bits per heavy atom. The summed E-state index contributed by atoms with van der Waals surface area (Å²) >= 11 is 0. The standard InChI is InChI=1S/C12H12N2O2/c1-13(2)11-7-3-6-10-9(11)5-4-8-12(10)14(15)16/h3-8H,1-2H3. The molecule has 2 aromatic carbocycles. The molecule has 0 N–H and O–H groups in total. The minimum Gasteiger partial charge on any atom is -0.377 e. The highest BCUT2D eigenvalue weighted by Crippen LogP contribution is 2.31. The van der Waals surface area contributed by atoms with Crippen LogP contribution in [0.5, 0.6) is 0 Å². The predicted octanol–water partition coefficient (Wildman–Crippen LogP) is 2.81. The molecule has 0 atom stereocenters. The van der Waals surface area contributed by atoms with Crippen LogP contribution in [-0.4, -0.2) is 19.0 Å². The van der Waals surface area contributed by atoms with E-state index >= 15 is 0 Å². The van der Waals surface area contributed by atoms with Crippen LogP contribution in [0.1, 0.15) is 0 Å². The van der Waals surface area contributed by atoms with E-state index in [1.165, 1.54) is 6.07 Å². The molecule has 2 rings (SSSR count). The van der Waals surface area contributed by atoms with Crippen molar-refractivity contribution in [3.8, 4) is 0 Å². The Hall–Kier alpha value is -2.10. The minimum absolute atomic E-state index is 0.154. The van der Waals surface area contributed by atoms with Gasteiger partial charge in [0.25, 0.3) is 5.69 Å². The van der Waals surface area contributed by atoms with E-state index in [1.807, 2.05) is 37.2 Å². The van der Waals surface area contributed by atoms with Gasteiger partial charge in [-0.25, -0.2) is 0 Å². The van der Waals surface area contributed by atoms with Gasteiger partial charge in [-0.3, -0.25) is 10.1 Å². The highest BCUT2D eigenvalue weighted by molar-refractivity contribution is 5.99. The number of nitro benzene ring substituents is 1. The summed E-state index contributed by atoms with van der Waals surface area (Å²) < 4.78 is 0. The van der Waals surface area contributed by atoms with E-state index in [2.05, 4.69) is 0 Å². The van der Waals surface area contributed by atoms with Crippen LogP contribution in [0.3, 0.4) is 0 Å². The van der Waals surface area contributed by atoms with Crippen molar-refractivity contribution in [2.75, 3.05) is 19.0 Å². The first-order valence-electron chi connectivity index (χ1n) is 4.94. The zero-order valence-corrected chi connectivity index (χ0v) is 9.18. The Bertz CT molecular complexity index is 550. The normalized spacial score (nSPS) is 10.4. The second-order valence-electron chi connectivity index (χ2n) is 3.80. The molecule has 4 heteroatoms. The number of non-ortho nitro benzene ring substituents is 1. The van der Waals surface area contributed by atoms with Gasteiger partial charge < -0.3 is 4.90 Å². The molecule has 0 heterocycles. The van der Waals surface area contributed by atoms with Gasteiger partial charge in [0.15, 0.2) is 0 Å². The van der Waals surface area contributed by atoms with Crippen molar-refractivity contribution in [2.24, 2.45) is 0 Å². The second kappa shape index (κ2) is 3.81. The zero-order valence-electron chi connectivity index (χ0n) is 9.18. The maximum Gasteiger partial charge on any atom is 0.277 e. The molecule has 0 amide bonds. The minimum atomic E-state index is -0.345. The predicted molar refractivity (Wildman–Crippen MR) is 64.9 cm³/mol. The van der Waals surface area contributed by atoms with Crippen LogP contribution in [0, 0.1) is 10.1 Å². The van der Waals surface area contributed by atoms with Gasteiger partial charge in [0, 0.05) is 31.2 Å². The number of hydrogen-bond donors (Lipinski definition) is 0. The van der Waals surface area contributed by atoms with E-state index in [0.717, 1.165) is 11.1 Å². The number of hydrogen-bond acceptors (Lipinski definition) is 3. The van der Waals surface area contributed by atoms with E-state index in [9.17, 15) is 10.1 Å². The van der Waals surface area contributed by atoms with Crippen molar-refractivity contribution in [1.29, 1.82) is 0 Å². The molecule has 82 valence electrons. The van der Waals surface area contributed by atoms with Crippen molar-refractivity contribution >= 4 is 22.1 Å². The fraction of sp³-hybridized carbons (Fsp3) is 0.167. The van der Waals surface area contributed by atoms with E-state index in [4.69, 9.17) is 0 Å². The van der Waals surface area contributed by atoms with Crippen LogP contribution >= 0.6 is 0 Å². The second-order valence-corrected chi connectivity index (χ2v) is 3.80. The van der Waals surface area contributed by atoms with Crippen molar-refractivity contribution < 1.29 is 4.92 Å². The summed E-state index contributed by atoms with van der Waals surface area (Å²) in [6.07, 6.45) is 0.